The third kappa shape index (κ3) is 3.33. The molecule has 20 heavy (non-hydrogen) atoms. The smallest absolute Gasteiger partial charge is 0.137 e. The highest BCUT2D eigenvalue weighted by atomic mass is 35.5. The van der Waals surface area contributed by atoms with Crippen LogP contribution in [0.5, 0.6) is 0 Å². The van der Waals surface area contributed by atoms with E-state index >= 15 is 0 Å². The largest absolute Gasteiger partial charge is 0.308 e. The first kappa shape index (κ1) is 13.9. The third-order valence-electron chi connectivity index (χ3n) is 4.29. The summed E-state index contributed by atoms with van der Waals surface area (Å²) in [6, 6.07) is 4.49. The summed E-state index contributed by atoms with van der Waals surface area (Å²) in [6.45, 7) is 3.21. The average Bonchev–Trinajstić information content (AvgIpc) is 2.71. The maximum Gasteiger partial charge on any atom is 0.137 e. The van der Waals surface area contributed by atoms with E-state index in [1.165, 1.54) is 32.1 Å². The van der Waals surface area contributed by atoms with Gasteiger partial charge in [0.05, 0.1) is 10.7 Å². The normalized spacial score (nSPS) is 23.9. The van der Waals surface area contributed by atoms with Crippen molar-refractivity contribution < 1.29 is 0 Å². The van der Waals surface area contributed by atoms with Gasteiger partial charge in [-0.25, -0.2) is 4.98 Å². The predicted molar refractivity (Wildman–Crippen MR) is 83.1 cm³/mol. The molecular formula is C16H22ClN3. The van der Waals surface area contributed by atoms with Gasteiger partial charge in [0.1, 0.15) is 5.65 Å². The fraction of sp³-hybridized carbons (Fsp3) is 0.562. The maximum atomic E-state index is 5.99. The number of hydrogen-bond acceptors (Lipinski definition) is 2. The highest BCUT2D eigenvalue weighted by molar-refractivity contribution is 6.30. The molecule has 0 bridgehead atoms. The van der Waals surface area contributed by atoms with Crippen LogP contribution in [0.25, 0.3) is 5.65 Å². The molecule has 0 saturated heterocycles. The van der Waals surface area contributed by atoms with E-state index in [0.29, 0.717) is 6.04 Å². The lowest BCUT2D eigenvalue weighted by molar-refractivity contribution is 0.445. The van der Waals surface area contributed by atoms with Crippen LogP contribution in [0.1, 0.15) is 44.7 Å². The second kappa shape index (κ2) is 6.15. The number of nitrogens with one attached hydrogen (secondary N) is 1. The van der Waals surface area contributed by atoms with Gasteiger partial charge in [-0.15, -0.1) is 0 Å². The standard InChI is InChI=1S/C16H22ClN3/c1-12-3-2-4-14(7-5-12)18-9-15-11-20-10-13(17)6-8-16(20)19-15/h6,8,10-12,14,18H,2-5,7,9H2,1H3. The molecule has 1 N–H and O–H groups in total. The molecule has 108 valence electrons. The zero-order valence-corrected chi connectivity index (χ0v) is 12.7. The van der Waals surface area contributed by atoms with Gasteiger partial charge in [0.2, 0.25) is 0 Å². The molecule has 2 unspecified atom stereocenters. The van der Waals surface area contributed by atoms with E-state index in [-0.39, 0.29) is 0 Å². The van der Waals surface area contributed by atoms with Crippen LogP contribution in [0.4, 0.5) is 0 Å². The minimum Gasteiger partial charge on any atom is -0.308 e. The van der Waals surface area contributed by atoms with Crippen molar-refractivity contribution in [1.82, 2.24) is 14.7 Å². The Balaban J connectivity index is 1.61. The van der Waals surface area contributed by atoms with Crippen molar-refractivity contribution in [2.75, 3.05) is 0 Å². The first-order valence-corrected chi connectivity index (χ1v) is 7.95. The summed E-state index contributed by atoms with van der Waals surface area (Å²) < 4.78 is 1.99. The Morgan fingerprint density at radius 2 is 2.15 bits per heavy atom. The molecule has 3 nitrogen and oxygen atoms in total. The molecule has 2 aromatic heterocycles. The molecule has 0 aromatic carbocycles. The Morgan fingerprint density at radius 1 is 1.25 bits per heavy atom. The van der Waals surface area contributed by atoms with Crippen LogP contribution in [0.2, 0.25) is 5.02 Å². The van der Waals surface area contributed by atoms with E-state index < -0.39 is 0 Å². The number of rotatable bonds is 3. The van der Waals surface area contributed by atoms with Crippen molar-refractivity contribution >= 4 is 17.2 Å². The monoisotopic (exact) mass is 291 g/mol. The van der Waals surface area contributed by atoms with Gasteiger partial charge in [-0.05, 0) is 37.3 Å². The topological polar surface area (TPSA) is 29.3 Å². The van der Waals surface area contributed by atoms with Crippen LogP contribution in [0.15, 0.2) is 24.5 Å². The average molecular weight is 292 g/mol. The van der Waals surface area contributed by atoms with Crippen molar-refractivity contribution in [2.24, 2.45) is 5.92 Å². The number of fused-ring (bicyclic) bond motifs is 1. The Hall–Kier alpha value is -1.06. The summed E-state index contributed by atoms with van der Waals surface area (Å²) in [4.78, 5) is 4.62. The van der Waals surface area contributed by atoms with Gasteiger partial charge in [-0.2, -0.15) is 0 Å². The van der Waals surface area contributed by atoms with E-state index in [9.17, 15) is 0 Å². The molecule has 1 fully saturated rings. The van der Waals surface area contributed by atoms with Crippen LogP contribution in [0.3, 0.4) is 0 Å². The van der Waals surface area contributed by atoms with Crippen LogP contribution >= 0.6 is 11.6 Å². The second-order valence-electron chi connectivity index (χ2n) is 6.04. The SMILES string of the molecule is CC1CCCC(NCc2cn3cc(Cl)ccc3n2)CC1. The zero-order valence-electron chi connectivity index (χ0n) is 12.0. The highest BCUT2D eigenvalue weighted by Crippen LogP contribution is 2.22. The molecule has 3 rings (SSSR count). The molecule has 4 heteroatoms. The molecule has 2 aromatic rings. The highest BCUT2D eigenvalue weighted by Gasteiger charge is 2.15. The van der Waals surface area contributed by atoms with Crippen LogP contribution in [-0.2, 0) is 6.54 Å². The van der Waals surface area contributed by atoms with Crippen molar-refractivity contribution in [3.8, 4) is 0 Å². The predicted octanol–water partition coefficient (Wildman–Crippen LogP) is 4.05. The lowest BCUT2D eigenvalue weighted by Gasteiger charge is -2.15. The van der Waals surface area contributed by atoms with Gasteiger partial charge in [-0.3, -0.25) is 0 Å². The van der Waals surface area contributed by atoms with Gasteiger partial charge in [0.15, 0.2) is 0 Å². The first-order chi connectivity index (χ1) is 9.70. The quantitative estimate of drug-likeness (QED) is 0.865. The molecule has 0 aliphatic heterocycles. The lowest BCUT2D eigenvalue weighted by Crippen LogP contribution is -2.28. The van der Waals surface area contributed by atoms with Gasteiger partial charge in [0, 0.05) is 25.0 Å². The zero-order chi connectivity index (χ0) is 13.9. The summed E-state index contributed by atoms with van der Waals surface area (Å²) in [5, 5.41) is 4.41. The fourth-order valence-corrected chi connectivity index (χ4v) is 3.21. The number of imidazole rings is 1. The third-order valence-corrected chi connectivity index (χ3v) is 4.52. The van der Waals surface area contributed by atoms with Crippen molar-refractivity contribution in [1.29, 1.82) is 0 Å². The van der Waals surface area contributed by atoms with E-state index in [1.54, 1.807) is 0 Å². The van der Waals surface area contributed by atoms with Crippen molar-refractivity contribution in [2.45, 2.75) is 51.6 Å². The minimum absolute atomic E-state index is 0.647. The van der Waals surface area contributed by atoms with Crippen molar-refractivity contribution in [3.05, 3.63) is 35.2 Å². The van der Waals surface area contributed by atoms with Crippen LogP contribution < -0.4 is 5.32 Å². The van der Waals surface area contributed by atoms with Gasteiger partial charge in [-0.1, -0.05) is 31.4 Å². The number of aromatic nitrogens is 2. The van der Waals surface area contributed by atoms with Gasteiger partial charge in [0.25, 0.3) is 0 Å². The van der Waals surface area contributed by atoms with Crippen LogP contribution in [0, 0.1) is 5.92 Å². The Morgan fingerprint density at radius 3 is 3.05 bits per heavy atom. The Bertz CT molecular complexity index is 578. The maximum absolute atomic E-state index is 5.99. The molecule has 0 spiro atoms. The lowest BCUT2D eigenvalue weighted by atomic mass is 10.0. The molecule has 2 heterocycles. The summed E-state index contributed by atoms with van der Waals surface area (Å²) in [6.07, 6.45) is 10.6. The fourth-order valence-electron chi connectivity index (χ4n) is 3.04. The molecule has 0 radical (unpaired) electrons. The summed E-state index contributed by atoms with van der Waals surface area (Å²) in [5.74, 6) is 0.888. The molecule has 2 atom stereocenters. The minimum atomic E-state index is 0.647. The second-order valence-corrected chi connectivity index (χ2v) is 6.47. The summed E-state index contributed by atoms with van der Waals surface area (Å²) in [5.41, 5.74) is 2.05. The van der Waals surface area contributed by atoms with E-state index in [4.69, 9.17) is 11.6 Å². The Labute approximate surface area is 125 Å². The van der Waals surface area contributed by atoms with E-state index in [2.05, 4.69) is 23.4 Å². The van der Waals surface area contributed by atoms with Crippen molar-refractivity contribution in [3.63, 3.8) is 0 Å². The summed E-state index contributed by atoms with van der Waals surface area (Å²) >= 11 is 5.99. The van der Waals surface area contributed by atoms with Crippen LogP contribution in [-0.4, -0.2) is 15.4 Å². The molecule has 1 aliphatic carbocycles. The molecule has 1 aliphatic rings. The first-order valence-electron chi connectivity index (χ1n) is 7.57. The van der Waals surface area contributed by atoms with Gasteiger partial charge < -0.3 is 9.72 Å². The number of pyridine rings is 1. The number of halogens is 1. The van der Waals surface area contributed by atoms with Gasteiger partial charge >= 0.3 is 0 Å². The number of nitrogens with zero attached hydrogens (tertiary/aromatic N) is 2. The molecular weight excluding hydrogens is 270 g/mol. The Kier molecular flexibility index (Phi) is 4.27. The molecule has 0 amide bonds. The van der Waals surface area contributed by atoms with E-state index in [0.717, 1.165) is 28.8 Å². The molecule has 1 saturated carbocycles. The number of hydrogen-bond donors (Lipinski definition) is 1. The van der Waals surface area contributed by atoms with E-state index in [1.807, 2.05) is 22.7 Å². The summed E-state index contributed by atoms with van der Waals surface area (Å²) in [7, 11) is 0.